The van der Waals surface area contributed by atoms with Crippen LogP contribution in [-0.4, -0.2) is 68.3 Å². The van der Waals surface area contributed by atoms with Crippen molar-refractivity contribution < 1.29 is 43.0 Å². The summed E-state index contributed by atoms with van der Waals surface area (Å²) >= 11 is 0. The molecule has 0 radical (unpaired) electrons. The number of quaternary nitrogens is 1. The molecule has 0 amide bonds. The molecule has 3 aliphatic rings. The minimum Gasteiger partial charge on any atom is -1.00 e. The third-order valence-electron chi connectivity index (χ3n) is 6.93. The summed E-state index contributed by atoms with van der Waals surface area (Å²) in [6.45, 7) is 12.0. The maximum Gasteiger partial charge on any atom is 0.126 e. The number of ether oxygens (including phenoxy) is 2. The smallest absolute Gasteiger partial charge is 0.126 e. The van der Waals surface area contributed by atoms with E-state index in [1.807, 2.05) is 0 Å². The van der Waals surface area contributed by atoms with Gasteiger partial charge in [0.05, 0.1) is 33.0 Å². The van der Waals surface area contributed by atoms with Crippen LogP contribution in [0.15, 0.2) is 0 Å². The van der Waals surface area contributed by atoms with Crippen LogP contribution in [-0.2, 0) is 9.47 Å². The molecule has 1 heterocycles. The van der Waals surface area contributed by atoms with Crippen LogP contribution in [0.4, 0.5) is 0 Å². The van der Waals surface area contributed by atoms with Gasteiger partial charge in [0.15, 0.2) is 0 Å². The van der Waals surface area contributed by atoms with Crippen LogP contribution in [0.1, 0.15) is 33.6 Å². The summed E-state index contributed by atoms with van der Waals surface area (Å²) < 4.78 is 12.6. The number of aliphatic hydroxyl groups excluding tert-OH is 1. The molecule has 1 aliphatic heterocycles. The van der Waals surface area contributed by atoms with E-state index >= 15 is 0 Å². The highest BCUT2D eigenvalue weighted by atomic mass is 127. The Hall–Kier alpha value is 0.570. The second-order valence-corrected chi connectivity index (χ2v) is 8.78. The first-order valence-corrected chi connectivity index (χ1v) is 9.04. The third-order valence-corrected chi connectivity index (χ3v) is 6.93. The van der Waals surface area contributed by atoms with Gasteiger partial charge in [-0.3, -0.25) is 0 Å². The molecule has 5 unspecified atom stereocenters. The highest BCUT2D eigenvalue weighted by Gasteiger charge is 2.57. The third kappa shape index (κ3) is 3.89. The number of aliphatic hydroxyl groups is 1. The molecule has 3 fully saturated rings. The Balaban J connectivity index is 0.00000192. The fraction of sp³-hybridized carbons (Fsp3) is 1.00. The lowest BCUT2D eigenvalue weighted by Crippen LogP contribution is -3.00. The first-order chi connectivity index (χ1) is 10.3. The Morgan fingerprint density at radius 3 is 2.39 bits per heavy atom. The molecular formula is C18H34INO3. The zero-order valence-corrected chi connectivity index (χ0v) is 17.3. The van der Waals surface area contributed by atoms with Gasteiger partial charge in [-0.15, -0.1) is 0 Å². The number of hydrogen-bond acceptors (Lipinski definition) is 3. The van der Waals surface area contributed by atoms with Crippen LogP contribution in [0.25, 0.3) is 0 Å². The molecule has 1 N–H and O–H groups in total. The summed E-state index contributed by atoms with van der Waals surface area (Å²) in [7, 11) is 2.22. The fourth-order valence-corrected chi connectivity index (χ4v) is 5.52. The van der Waals surface area contributed by atoms with Gasteiger partial charge in [0.2, 0.25) is 0 Å². The van der Waals surface area contributed by atoms with Gasteiger partial charge in [0, 0.05) is 0 Å². The SMILES string of the molecule is CC1C(OCC(O)C[N+]2(C)CCOCC2)C2CCC1C2(C)C.[I-]. The van der Waals surface area contributed by atoms with Crippen LogP contribution < -0.4 is 24.0 Å². The average molecular weight is 439 g/mol. The molecule has 2 saturated carbocycles. The zero-order chi connectivity index (χ0) is 16.0. The highest BCUT2D eigenvalue weighted by Crippen LogP contribution is 2.60. The first-order valence-electron chi connectivity index (χ1n) is 9.04. The Morgan fingerprint density at radius 2 is 1.83 bits per heavy atom. The number of likely N-dealkylation sites (N-methyl/N-ethyl adjacent to an activating group) is 1. The molecule has 4 nitrogen and oxygen atoms in total. The number of morpholine rings is 1. The molecule has 0 aromatic carbocycles. The van der Waals surface area contributed by atoms with E-state index < -0.39 is 0 Å². The van der Waals surface area contributed by atoms with E-state index in [9.17, 15) is 5.11 Å². The largest absolute Gasteiger partial charge is 1.00 e. The van der Waals surface area contributed by atoms with E-state index in [-0.39, 0.29) is 30.1 Å². The molecule has 136 valence electrons. The quantitative estimate of drug-likeness (QED) is 0.438. The number of fused-ring (bicyclic) bond motifs is 2. The van der Waals surface area contributed by atoms with Crippen molar-refractivity contribution in [1.82, 2.24) is 0 Å². The van der Waals surface area contributed by atoms with Crippen LogP contribution in [0.3, 0.4) is 0 Å². The molecular weight excluding hydrogens is 405 g/mol. The minimum absolute atomic E-state index is 0. The summed E-state index contributed by atoms with van der Waals surface area (Å²) in [6.07, 6.45) is 2.64. The van der Waals surface area contributed by atoms with Crippen molar-refractivity contribution in [2.45, 2.75) is 45.8 Å². The standard InChI is InChI=1S/C18H34NO3.HI/c1-13-15-5-6-16(18(15,2)3)17(13)22-12-14(20)11-19(4)7-9-21-10-8-19;/h13-17,20H,5-12H2,1-4H3;1H/q+1;/p-1. The minimum atomic E-state index is -0.363. The van der Waals surface area contributed by atoms with Gasteiger partial charge in [-0.2, -0.15) is 0 Å². The van der Waals surface area contributed by atoms with E-state index in [1.165, 1.54) is 12.8 Å². The Kier molecular flexibility index (Phi) is 6.43. The van der Waals surface area contributed by atoms with E-state index in [1.54, 1.807) is 0 Å². The maximum absolute atomic E-state index is 10.4. The number of nitrogens with zero attached hydrogens (tertiary/aromatic N) is 1. The first kappa shape index (κ1) is 19.9. The predicted molar refractivity (Wildman–Crippen MR) is 86.5 cm³/mol. The normalized spacial score (nSPS) is 39.0. The Morgan fingerprint density at radius 1 is 1.22 bits per heavy atom. The monoisotopic (exact) mass is 439 g/mol. The Bertz CT molecular complexity index is 398. The van der Waals surface area contributed by atoms with E-state index in [4.69, 9.17) is 9.47 Å². The van der Waals surface area contributed by atoms with Crippen molar-refractivity contribution in [2.75, 3.05) is 46.5 Å². The van der Waals surface area contributed by atoms with Crippen molar-refractivity contribution in [1.29, 1.82) is 0 Å². The Labute approximate surface area is 158 Å². The lowest BCUT2D eigenvalue weighted by Gasteiger charge is -2.39. The van der Waals surface area contributed by atoms with Gasteiger partial charge in [-0.1, -0.05) is 20.8 Å². The second-order valence-electron chi connectivity index (χ2n) is 8.78. The summed E-state index contributed by atoms with van der Waals surface area (Å²) in [4.78, 5) is 0. The topological polar surface area (TPSA) is 38.7 Å². The number of halogens is 1. The van der Waals surface area contributed by atoms with Gasteiger partial charge in [0.1, 0.15) is 25.7 Å². The summed E-state index contributed by atoms with van der Waals surface area (Å²) in [5.74, 6) is 2.10. The zero-order valence-electron chi connectivity index (χ0n) is 15.1. The molecule has 0 aromatic rings. The maximum atomic E-state index is 10.4. The van der Waals surface area contributed by atoms with Crippen molar-refractivity contribution in [2.24, 2.45) is 23.2 Å². The fourth-order valence-electron chi connectivity index (χ4n) is 5.52. The van der Waals surface area contributed by atoms with E-state index in [0.717, 1.165) is 43.2 Å². The number of hydrogen-bond donors (Lipinski definition) is 1. The van der Waals surface area contributed by atoms with Gasteiger partial charge >= 0.3 is 0 Å². The molecule has 1 saturated heterocycles. The lowest BCUT2D eigenvalue weighted by molar-refractivity contribution is -0.919. The molecule has 5 heteroatoms. The van der Waals surface area contributed by atoms with E-state index in [0.29, 0.717) is 30.0 Å². The van der Waals surface area contributed by atoms with Crippen LogP contribution in [0.5, 0.6) is 0 Å². The van der Waals surface area contributed by atoms with Gasteiger partial charge in [-0.05, 0) is 36.0 Å². The van der Waals surface area contributed by atoms with Crippen LogP contribution in [0.2, 0.25) is 0 Å². The number of rotatable bonds is 5. The molecule has 2 aliphatic carbocycles. The molecule has 2 bridgehead atoms. The summed E-state index contributed by atoms with van der Waals surface area (Å²) in [5.41, 5.74) is 0.414. The van der Waals surface area contributed by atoms with Crippen molar-refractivity contribution in [3.05, 3.63) is 0 Å². The molecule has 3 rings (SSSR count). The van der Waals surface area contributed by atoms with Crippen molar-refractivity contribution >= 4 is 0 Å². The van der Waals surface area contributed by atoms with Crippen LogP contribution in [0, 0.1) is 23.2 Å². The average Bonchev–Trinajstić information content (AvgIpc) is 2.83. The predicted octanol–water partition coefficient (Wildman–Crippen LogP) is -1.08. The van der Waals surface area contributed by atoms with Crippen molar-refractivity contribution in [3.63, 3.8) is 0 Å². The molecule has 23 heavy (non-hydrogen) atoms. The van der Waals surface area contributed by atoms with Gasteiger partial charge in [0.25, 0.3) is 0 Å². The molecule has 5 atom stereocenters. The summed E-state index contributed by atoms with van der Waals surface area (Å²) in [6, 6.07) is 0. The van der Waals surface area contributed by atoms with Crippen molar-refractivity contribution in [3.8, 4) is 0 Å². The highest BCUT2D eigenvalue weighted by molar-refractivity contribution is 5.06. The lowest BCUT2D eigenvalue weighted by atomic mass is 9.80. The van der Waals surface area contributed by atoms with Crippen LogP contribution >= 0.6 is 0 Å². The van der Waals surface area contributed by atoms with Gasteiger partial charge < -0.3 is 43.0 Å². The van der Waals surface area contributed by atoms with E-state index in [2.05, 4.69) is 27.8 Å². The molecule has 0 aromatic heterocycles. The summed E-state index contributed by atoms with van der Waals surface area (Å²) in [5, 5.41) is 10.4. The van der Waals surface area contributed by atoms with Gasteiger partial charge in [-0.25, -0.2) is 0 Å². The molecule has 0 spiro atoms. The second kappa shape index (κ2) is 7.44.